The molecule has 1 aromatic heterocycles. The first-order valence-corrected chi connectivity index (χ1v) is 8.85. The zero-order chi connectivity index (χ0) is 19.7. The maximum Gasteiger partial charge on any atom is 0.195 e. The van der Waals surface area contributed by atoms with E-state index in [-0.39, 0.29) is 5.57 Å². The fourth-order valence-corrected chi connectivity index (χ4v) is 2.70. The maximum absolute atomic E-state index is 8.93. The van der Waals surface area contributed by atoms with Gasteiger partial charge in [-0.1, -0.05) is 0 Å². The fourth-order valence-electron chi connectivity index (χ4n) is 2.70. The number of anilines is 1. The van der Waals surface area contributed by atoms with Crippen molar-refractivity contribution in [1.82, 2.24) is 15.5 Å². The van der Waals surface area contributed by atoms with Crippen molar-refractivity contribution in [1.29, 1.82) is 10.5 Å². The summed E-state index contributed by atoms with van der Waals surface area (Å²) in [4.78, 5) is 4.37. The van der Waals surface area contributed by atoms with Crippen LogP contribution in [0.25, 0.3) is 0 Å². The van der Waals surface area contributed by atoms with Crippen molar-refractivity contribution in [2.45, 2.75) is 46.3 Å². The smallest absolute Gasteiger partial charge is 0.195 e. The van der Waals surface area contributed by atoms with Crippen molar-refractivity contribution < 1.29 is 4.42 Å². The third-order valence-corrected chi connectivity index (χ3v) is 4.16. The highest BCUT2D eigenvalue weighted by molar-refractivity contribution is 5.39. The van der Waals surface area contributed by atoms with E-state index in [4.69, 9.17) is 14.9 Å². The SMILES string of the molecule is CNC(NCCN(C)c1ccc(CN(C(C)C)C(C)C)o1)=C(C#N)C#N. The summed E-state index contributed by atoms with van der Waals surface area (Å²) in [5.41, 5.74) is 0.0397. The van der Waals surface area contributed by atoms with Gasteiger partial charge >= 0.3 is 0 Å². The van der Waals surface area contributed by atoms with E-state index < -0.39 is 0 Å². The Hall–Kier alpha value is -2.64. The van der Waals surface area contributed by atoms with Gasteiger partial charge in [0, 0.05) is 45.3 Å². The number of hydrogen-bond donors (Lipinski definition) is 2. The lowest BCUT2D eigenvalue weighted by atomic mass is 10.2. The lowest BCUT2D eigenvalue weighted by molar-refractivity contribution is 0.153. The largest absolute Gasteiger partial charge is 0.444 e. The topological polar surface area (TPSA) is 91.3 Å². The van der Waals surface area contributed by atoms with Gasteiger partial charge in [-0.25, -0.2) is 0 Å². The first-order chi connectivity index (χ1) is 12.3. The first-order valence-electron chi connectivity index (χ1n) is 8.85. The molecule has 0 amide bonds. The summed E-state index contributed by atoms with van der Waals surface area (Å²) in [7, 11) is 3.62. The van der Waals surface area contributed by atoms with Gasteiger partial charge in [-0.2, -0.15) is 10.5 Å². The van der Waals surface area contributed by atoms with Gasteiger partial charge in [-0.3, -0.25) is 4.90 Å². The van der Waals surface area contributed by atoms with Crippen LogP contribution in [0.5, 0.6) is 0 Å². The molecule has 1 heterocycles. The molecule has 0 saturated heterocycles. The van der Waals surface area contributed by atoms with Crippen LogP contribution in [0.4, 0.5) is 5.88 Å². The molecule has 7 nitrogen and oxygen atoms in total. The van der Waals surface area contributed by atoms with Crippen molar-refractivity contribution in [2.75, 3.05) is 32.1 Å². The van der Waals surface area contributed by atoms with E-state index in [9.17, 15) is 0 Å². The fraction of sp³-hybridized carbons (Fsp3) is 0.579. The Morgan fingerprint density at radius 2 is 1.77 bits per heavy atom. The highest BCUT2D eigenvalue weighted by atomic mass is 16.4. The van der Waals surface area contributed by atoms with E-state index in [1.807, 2.05) is 36.2 Å². The number of hydrogen-bond acceptors (Lipinski definition) is 7. The van der Waals surface area contributed by atoms with Gasteiger partial charge in [0.05, 0.1) is 6.54 Å². The van der Waals surface area contributed by atoms with E-state index in [0.29, 0.717) is 31.0 Å². The highest BCUT2D eigenvalue weighted by Gasteiger charge is 2.16. The number of rotatable bonds is 10. The van der Waals surface area contributed by atoms with Gasteiger partial charge in [-0.15, -0.1) is 0 Å². The van der Waals surface area contributed by atoms with Crippen molar-refractivity contribution in [3.05, 3.63) is 29.3 Å². The number of allylic oxidation sites excluding steroid dienone is 1. The molecule has 1 aromatic rings. The van der Waals surface area contributed by atoms with Crippen LogP contribution < -0.4 is 15.5 Å². The number of nitrogens with one attached hydrogen (secondary N) is 2. The number of furan rings is 1. The molecule has 1 rings (SSSR count). The molecule has 0 aliphatic heterocycles. The molecule has 0 aliphatic rings. The van der Waals surface area contributed by atoms with Crippen LogP contribution in [0.1, 0.15) is 33.5 Å². The van der Waals surface area contributed by atoms with Gasteiger partial charge in [0.2, 0.25) is 0 Å². The molecule has 0 bridgehead atoms. The molecule has 7 heteroatoms. The van der Waals surface area contributed by atoms with Gasteiger partial charge in [0.1, 0.15) is 23.7 Å². The predicted octanol–water partition coefficient (Wildman–Crippen LogP) is 2.40. The minimum absolute atomic E-state index is 0.0397. The molecule has 142 valence electrons. The Kier molecular flexibility index (Phi) is 8.54. The summed E-state index contributed by atoms with van der Waals surface area (Å²) < 4.78 is 5.97. The molecule has 0 unspecified atom stereocenters. The zero-order valence-corrected chi connectivity index (χ0v) is 16.6. The Morgan fingerprint density at radius 3 is 2.27 bits per heavy atom. The second kappa shape index (κ2) is 10.4. The van der Waals surface area contributed by atoms with Crippen molar-refractivity contribution in [3.8, 4) is 12.1 Å². The van der Waals surface area contributed by atoms with Crippen LogP contribution in [-0.2, 0) is 6.54 Å². The van der Waals surface area contributed by atoms with Crippen molar-refractivity contribution in [2.24, 2.45) is 0 Å². The van der Waals surface area contributed by atoms with Crippen LogP contribution in [0.3, 0.4) is 0 Å². The lowest BCUT2D eigenvalue weighted by Crippen LogP contribution is -2.36. The van der Waals surface area contributed by atoms with Crippen molar-refractivity contribution >= 4 is 5.88 Å². The van der Waals surface area contributed by atoms with Gasteiger partial charge < -0.3 is 20.0 Å². The quantitative estimate of drug-likeness (QED) is 0.621. The minimum Gasteiger partial charge on any atom is -0.444 e. The third-order valence-electron chi connectivity index (χ3n) is 4.16. The Balaban J connectivity index is 2.64. The Bertz CT molecular complexity index is 653. The number of nitrogens with zero attached hydrogens (tertiary/aromatic N) is 4. The van der Waals surface area contributed by atoms with E-state index in [2.05, 4.69) is 43.2 Å². The molecule has 0 aliphatic carbocycles. The molecule has 0 radical (unpaired) electrons. The first kappa shape index (κ1) is 21.4. The van der Waals surface area contributed by atoms with Crippen LogP contribution >= 0.6 is 0 Å². The van der Waals surface area contributed by atoms with E-state index in [1.165, 1.54) is 0 Å². The number of likely N-dealkylation sites (N-methyl/N-ethyl adjacent to an activating group) is 1. The summed E-state index contributed by atoms with van der Waals surface area (Å²) >= 11 is 0. The summed E-state index contributed by atoms with van der Waals surface area (Å²) in [6.45, 7) is 10.8. The summed E-state index contributed by atoms with van der Waals surface area (Å²) in [6, 6.07) is 8.62. The highest BCUT2D eigenvalue weighted by Crippen LogP contribution is 2.20. The van der Waals surface area contributed by atoms with Crippen LogP contribution in [0.15, 0.2) is 27.9 Å². The molecule has 0 atom stereocenters. The second-order valence-corrected chi connectivity index (χ2v) is 6.67. The molecule has 0 fully saturated rings. The average molecular weight is 358 g/mol. The zero-order valence-electron chi connectivity index (χ0n) is 16.6. The third kappa shape index (κ3) is 6.02. The molecule has 2 N–H and O–H groups in total. The van der Waals surface area contributed by atoms with Gasteiger partial charge in [-0.05, 0) is 33.8 Å². The molecule has 26 heavy (non-hydrogen) atoms. The molecule has 0 aromatic carbocycles. The van der Waals surface area contributed by atoms with E-state index in [0.717, 1.165) is 18.2 Å². The molecule has 0 saturated carbocycles. The summed E-state index contributed by atoms with van der Waals surface area (Å²) in [5, 5.41) is 23.8. The molecular formula is C19H30N6O. The van der Waals surface area contributed by atoms with Crippen LogP contribution in [-0.4, -0.2) is 44.2 Å². The molecular weight excluding hydrogens is 328 g/mol. The average Bonchev–Trinajstić information content (AvgIpc) is 3.07. The monoisotopic (exact) mass is 358 g/mol. The molecule has 0 spiro atoms. The minimum atomic E-state index is 0.0397. The predicted molar refractivity (Wildman–Crippen MR) is 103 cm³/mol. The van der Waals surface area contributed by atoms with Gasteiger partial charge in [0.25, 0.3) is 0 Å². The Labute approximate surface area is 156 Å². The second-order valence-electron chi connectivity index (χ2n) is 6.67. The van der Waals surface area contributed by atoms with Crippen LogP contribution in [0.2, 0.25) is 0 Å². The standard InChI is InChI=1S/C19H30N6O/c1-14(2)25(15(3)4)13-17-7-8-18(26-17)24(6)10-9-23-19(22-5)16(11-20)12-21/h7-8,14-15,22-23H,9-10,13H2,1-6H3. The normalized spacial score (nSPS) is 10.6. The Morgan fingerprint density at radius 1 is 1.15 bits per heavy atom. The van der Waals surface area contributed by atoms with Gasteiger partial charge in [0.15, 0.2) is 11.5 Å². The summed E-state index contributed by atoms with van der Waals surface area (Å²) in [6.07, 6.45) is 0. The summed E-state index contributed by atoms with van der Waals surface area (Å²) in [5.74, 6) is 2.17. The van der Waals surface area contributed by atoms with Crippen LogP contribution in [0, 0.1) is 22.7 Å². The van der Waals surface area contributed by atoms with E-state index >= 15 is 0 Å². The lowest BCUT2D eigenvalue weighted by Gasteiger charge is -2.29. The maximum atomic E-state index is 8.93. The number of nitriles is 2. The van der Waals surface area contributed by atoms with Crippen molar-refractivity contribution in [3.63, 3.8) is 0 Å². The van der Waals surface area contributed by atoms with E-state index in [1.54, 1.807) is 7.05 Å².